The smallest absolute Gasteiger partial charge is 0.254 e. The molecule has 1 heterocycles. The fourth-order valence-electron chi connectivity index (χ4n) is 4.19. The van der Waals surface area contributed by atoms with Gasteiger partial charge in [0.25, 0.3) is 5.91 Å². The summed E-state index contributed by atoms with van der Waals surface area (Å²) in [5, 5.41) is 3.44. The summed E-state index contributed by atoms with van der Waals surface area (Å²) in [4.78, 5) is 15.5. The minimum atomic E-state index is 0.156. The number of carbonyl (C=O) groups is 1. The predicted molar refractivity (Wildman–Crippen MR) is 127 cm³/mol. The summed E-state index contributed by atoms with van der Waals surface area (Å²) in [7, 11) is 0. The highest BCUT2D eigenvalue weighted by atomic mass is 16.2. The number of hydrogen-bond donors (Lipinski definition) is 1. The monoisotopic (exact) mass is 404 g/mol. The van der Waals surface area contributed by atoms with Gasteiger partial charge in [-0.3, -0.25) is 4.79 Å². The second-order valence-corrected chi connectivity index (χ2v) is 8.42. The molecule has 3 heteroatoms. The van der Waals surface area contributed by atoms with Crippen molar-refractivity contribution in [2.45, 2.75) is 45.4 Å². The van der Waals surface area contributed by atoms with Crippen LogP contribution in [0, 0.1) is 5.92 Å². The number of hydrogen-bond acceptors (Lipinski definition) is 2. The molecule has 1 aliphatic heterocycles. The van der Waals surface area contributed by atoms with E-state index in [9.17, 15) is 4.79 Å². The van der Waals surface area contributed by atoms with E-state index in [1.807, 2.05) is 30.3 Å². The molecule has 0 atom stereocenters. The van der Waals surface area contributed by atoms with Gasteiger partial charge in [-0.15, -0.1) is 0 Å². The van der Waals surface area contributed by atoms with E-state index in [1.54, 1.807) is 0 Å². The zero-order chi connectivity index (χ0) is 21.0. The highest BCUT2D eigenvalue weighted by molar-refractivity contribution is 5.94. The van der Waals surface area contributed by atoms with E-state index in [0.29, 0.717) is 5.92 Å². The second kappa shape index (κ2) is 12.3. The Kier molecular flexibility index (Phi) is 9.17. The van der Waals surface area contributed by atoms with Gasteiger partial charge in [-0.2, -0.15) is 0 Å². The number of rotatable bonds is 10. The second-order valence-electron chi connectivity index (χ2n) is 8.42. The molecule has 3 rings (SSSR count). The molecular weight excluding hydrogens is 368 g/mol. The number of nitrogens with one attached hydrogen (secondary N) is 1. The van der Waals surface area contributed by atoms with Crippen molar-refractivity contribution >= 4 is 12.0 Å². The fraction of sp³-hybridized carbons (Fsp3) is 0.444. The van der Waals surface area contributed by atoms with Crippen molar-refractivity contribution < 1.29 is 4.79 Å². The quantitative estimate of drug-likeness (QED) is 0.508. The maximum Gasteiger partial charge on any atom is 0.254 e. The van der Waals surface area contributed by atoms with Gasteiger partial charge in [0.05, 0.1) is 0 Å². The zero-order valence-electron chi connectivity index (χ0n) is 18.4. The van der Waals surface area contributed by atoms with Crippen LogP contribution >= 0.6 is 0 Å². The van der Waals surface area contributed by atoms with Gasteiger partial charge in [-0.25, -0.2) is 0 Å². The Morgan fingerprint density at radius 2 is 1.67 bits per heavy atom. The normalized spacial score (nSPS) is 15.2. The van der Waals surface area contributed by atoms with Crippen LogP contribution in [0.5, 0.6) is 0 Å². The maximum absolute atomic E-state index is 13.4. The average molecular weight is 405 g/mol. The van der Waals surface area contributed by atoms with E-state index in [0.717, 1.165) is 51.0 Å². The molecule has 0 radical (unpaired) electrons. The van der Waals surface area contributed by atoms with Gasteiger partial charge in [0, 0.05) is 18.7 Å². The Balaban J connectivity index is 1.81. The molecule has 0 aliphatic carbocycles. The third-order valence-corrected chi connectivity index (χ3v) is 5.91. The van der Waals surface area contributed by atoms with Crippen LogP contribution in [0.3, 0.4) is 0 Å². The van der Waals surface area contributed by atoms with Crippen LogP contribution in [0.1, 0.15) is 61.4 Å². The van der Waals surface area contributed by atoms with E-state index < -0.39 is 0 Å². The largest absolute Gasteiger partial charge is 0.334 e. The van der Waals surface area contributed by atoms with Gasteiger partial charge in [0.2, 0.25) is 0 Å². The van der Waals surface area contributed by atoms with Crippen LogP contribution in [0.2, 0.25) is 0 Å². The van der Waals surface area contributed by atoms with Gasteiger partial charge in [0.15, 0.2) is 0 Å². The molecule has 0 spiro atoms. The summed E-state index contributed by atoms with van der Waals surface area (Å²) in [6.45, 7) is 5.91. The lowest BCUT2D eigenvalue weighted by Crippen LogP contribution is -2.40. The molecule has 1 aliphatic rings. The molecule has 0 aromatic heterocycles. The SMILES string of the molecule is CCCCC/C(=C\c1ccccc1)CN(CC1CCNCC1)C(=O)c1ccccc1. The zero-order valence-corrected chi connectivity index (χ0v) is 18.4. The van der Waals surface area contributed by atoms with Crippen LogP contribution in [-0.2, 0) is 0 Å². The predicted octanol–water partition coefficient (Wildman–Crippen LogP) is 5.79. The summed E-state index contributed by atoms with van der Waals surface area (Å²) >= 11 is 0. The van der Waals surface area contributed by atoms with Crippen LogP contribution in [0.4, 0.5) is 0 Å². The van der Waals surface area contributed by atoms with Crippen molar-refractivity contribution in [1.29, 1.82) is 0 Å². The number of amides is 1. The number of nitrogens with zero attached hydrogens (tertiary/aromatic N) is 1. The van der Waals surface area contributed by atoms with Crippen LogP contribution in [0.25, 0.3) is 6.08 Å². The Hall–Kier alpha value is -2.39. The van der Waals surface area contributed by atoms with E-state index in [4.69, 9.17) is 0 Å². The first-order valence-corrected chi connectivity index (χ1v) is 11.6. The molecule has 1 amide bonds. The van der Waals surface area contributed by atoms with E-state index in [2.05, 4.69) is 53.5 Å². The number of unbranched alkanes of at least 4 members (excludes halogenated alkanes) is 2. The van der Waals surface area contributed by atoms with Crippen molar-refractivity contribution in [1.82, 2.24) is 10.2 Å². The molecule has 30 heavy (non-hydrogen) atoms. The lowest BCUT2D eigenvalue weighted by atomic mass is 9.96. The first-order chi connectivity index (χ1) is 14.8. The molecule has 160 valence electrons. The Bertz CT molecular complexity index is 779. The molecular formula is C27H36N2O. The molecule has 3 nitrogen and oxygen atoms in total. The fourth-order valence-corrected chi connectivity index (χ4v) is 4.19. The van der Waals surface area contributed by atoms with E-state index >= 15 is 0 Å². The van der Waals surface area contributed by atoms with Crippen LogP contribution in [-0.4, -0.2) is 37.0 Å². The standard InChI is InChI=1S/C27H36N2O/c1-2-3-6-13-25(20-23-11-7-4-8-12-23)22-29(21-24-16-18-28-19-17-24)27(30)26-14-9-5-10-15-26/h4-5,7-12,14-15,20,24,28H,2-3,6,13,16-19,21-22H2,1H3/b25-20+. The summed E-state index contributed by atoms with van der Waals surface area (Å²) in [5.74, 6) is 0.733. The summed E-state index contributed by atoms with van der Waals surface area (Å²) < 4.78 is 0. The Morgan fingerprint density at radius 3 is 2.33 bits per heavy atom. The van der Waals surface area contributed by atoms with Crippen molar-refractivity contribution in [2.75, 3.05) is 26.2 Å². The summed E-state index contributed by atoms with van der Waals surface area (Å²) in [6.07, 6.45) is 9.25. The molecule has 1 fully saturated rings. The summed E-state index contributed by atoms with van der Waals surface area (Å²) in [5.41, 5.74) is 3.37. The van der Waals surface area contributed by atoms with Crippen molar-refractivity contribution in [3.63, 3.8) is 0 Å². The first kappa shape index (κ1) is 22.3. The number of benzene rings is 2. The maximum atomic E-state index is 13.4. The number of piperidine rings is 1. The van der Waals surface area contributed by atoms with Gasteiger partial charge < -0.3 is 10.2 Å². The lowest BCUT2D eigenvalue weighted by molar-refractivity contribution is 0.0732. The lowest BCUT2D eigenvalue weighted by Gasteiger charge is -2.31. The summed E-state index contributed by atoms with van der Waals surface area (Å²) in [6, 6.07) is 20.3. The van der Waals surface area contributed by atoms with Crippen molar-refractivity contribution in [3.8, 4) is 0 Å². The highest BCUT2D eigenvalue weighted by Crippen LogP contribution is 2.20. The van der Waals surface area contributed by atoms with Crippen molar-refractivity contribution in [3.05, 3.63) is 77.4 Å². The first-order valence-electron chi connectivity index (χ1n) is 11.6. The molecule has 2 aromatic carbocycles. The van der Waals surface area contributed by atoms with Crippen LogP contribution < -0.4 is 5.32 Å². The van der Waals surface area contributed by atoms with Gasteiger partial charge >= 0.3 is 0 Å². The molecule has 0 saturated carbocycles. The third kappa shape index (κ3) is 7.14. The van der Waals surface area contributed by atoms with E-state index in [1.165, 1.54) is 30.4 Å². The van der Waals surface area contributed by atoms with Gasteiger partial charge in [-0.05, 0) is 62.4 Å². The number of carbonyl (C=O) groups excluding carboxylic acids is 1. The molecule has 2 aromatic rings. The molecule has 0 unspecified atom stereocenters. The van der Waals surface area contributed by atoms with Crippen molar-refractivity contribution in [2.24, 2.45) is 5.92 Å². The topological polar surface area (TPSA) is 32.3 Å². The Labute approximate surface area is 182 Å². The molecule has 0 bridgehead atoms. The minimum absolute atomic E-state index is 0.156. The van der Waals surface area contributed by atoms with Crippen LogP contribution in [0.15, 0.2) is 66.2 Å². The van der Waals surface area contributed by atoms with E-state index in [-0.39, 0.29) is 5.91 Å². The Morgan fingerprint density at radius 1 is 1.00 bits per heavy atom. The highest BCUT2D eigenvalue weighted by Gasteiger charge is 2.22. The minimum Gasteiger partial charge on any atom is -0.334 e. The van der Waals surface area contributed by atoms with Gasteiger partial charge in [0.1, 0.15) is 0 Å². The molecule has 1 N–H and O–H groups in total. The molecule has 1 saturated heterocycles. The van der Waals surface area contributed by atoms with Gasteiger partial charge in [-0.1, -0.05) is 79.9 Å². The third-order valence-electron chi connectivity index (χ3n) is 5.91. The average Bonchev–Trinajstić information content (AvgIpc) is 2.80.